The van der Waals surface area contributed by atoms with E-state index in [-0.39, 0.29) is 6.10 Å². The lowest BCUT2D eigenvalue weighted by Gasteiger charge is -2.25. The summed E-state index contributed by atoms with van der Waals surface area (Å²) in [7, 11) is 1.66. The summed E-state index contributed by atoms with van der Waals surface area (Å²) in [5, 5.41) is 14.4. The van der Waals surface area contributed by atoms with Gasteiger partial charge in [0.05, 0.1) is 25.5 Å². The van der Waals surface area contributed by atoms with Gasteiger partial charge in [0.25, 0.3) is 0 Å². The second-order valence-electron chi connectivity index (χ2n) is 7.14. The first-order valence-corrected chi connectivity index (χ1v) is 9.37. The van der Waals surface area contributed by atoms with Crippen molar-refractivity contribution in [2.24, 2.45) is 11.1 Å². The van der Waals surface area contributed by atoms with Crippen molar-refractivity contribution in [2.45, 2.75) is 39.4 Å². The number of nitrogens with zero attached hydrogens (tertiary/aromatic N) is 2. The number of ether oxygens (including phenoxy) is 2. The molecule has 6 nitrogen and oxygen atoms in total. The van der Waals surface area contributed by atoms with Gasteiger partial charge in [-0.25, -0.2) is 0 Å². The second-order valence-corrected chi connectivity index (χ2v) is 7.14. The Bertz CT molecular complexity index is 559. The normalized spacial score (nSPS) is 18.1. The Balaban J connectivity index is 1.77. The first-order chi connectivity index (χ1) is 12.5. The van der Waals surface area contributed by atoms with Gasteiger partial charge in [-0.05, 0) is 42.3 Å². The van der Waals surface area contributed by atoms with E-state index in [0.29, 0.717) is 25.7 Å². The SMILES string of the molecule is CCN(C[C@@H](O)COCC(C)C)C[C@H]1CC(c2ccc(OC)cc2)=NO1. The van der Waals surface area contributed by atoms with Crippen molar-refractivity contribution in [1.29, 1.82) is 0 Å². The largest absolute Gasteiger partial charge is 0.497 e. The van der Waals surface area contributed by atoms with Crippen LogP contribution in [0.4, 0.5) is 0 Å². The summed E-state index contributed by atoms with van der Waals surface area (Å²) in [5.41, 5.74) is 2.01. The molecule has 1 heterocycles. The van der Waals surface area contributed by atoms with Crippen LogP contribution in [0.2, 0.25) is 0 Å². The summed E-state index contributed by atoms with van der Waals surface area (Å²) in [6.45, 7) is 9.49. The Labute approximate surface area is 156 Å². The highest BCUT2D eigenvalue weighted by Gasteiger charge is 2.25. The molecule has 0 aliphatic carbocycles. The van der Waals surface area contributed by atoms with Crippen LogP contribution in [-0.2, 0) is 9.57 Å². The number of rotatable bonds is 11. The molecular weight excluding hydrogens is 332 g/mol. The van der Waals surface area contributed by atoms with Gasteiger partial charge in [0.2, 0.25) is 0 Å². The molecule has 1 aliphatic rings. The molecule has 0 radical (unpaired) electrons. The fraction of sp³-hybridized carbons (Fsp3) is 0.650. The van der Waals surface area contributed by atoms with Crippen LogP contribution in [0.3, 0.4) is 0 Å². The quantitative estimate of drug-likeness (QED) is 0.654. The van der Waals surface area contributed by atoms with Crippen LogP contribution in [0, 0.1) is 5.92 Å². The third-order valence-corrected chi connectivity index (χ3v) is 4.30. The topological polar surface area (TPSA) is 63.5 Å². The molecule has 0 amide bonds. The van der Waals surface area contributed by atoms with Gasteiger partial charge in [-0.2, -0.15) is 0 Å². The maximum atomic E-state index is 10.2. The fourth-order valence-corrected chi connectivity index (χ4v) is 2.89. The fourth-order valence-electron chi connectivity index (χ4n) is 2.89. The number of aliphatic hydroxyl groups excluding tert-OH is 1. The van der Waals surface area contributed by atoms with Gasteiger partial charge in [0.15, 0.2) is 0 Å². The maximum absolute atomic E-state index is 10.2. The molecule has 2 atom stereocenters. The lowest BCUT2D eigenvalue weighted by molar-refractivity contribution is -0.00421. The summed E-state index contributed by atoms with van der Waals surface area (Å²) < 4.78 is 10.7. The number of hydrogen-bond acceptors (Lipinski definition) is 6. The molecule has 0 unspecified atom stereocenters. The smallest absolute Gasteiger partial charge is 0.145 e. The molecule has 0 saturated heterocycles. The molecule has 0 spiro atoms. The van der Waals surface area contributed by atoms with E-state index in [2.05, 4.69) is 30.8 Å². The van der Waals surface area contributed by atoms with E-state index in [1.54, 1.807) is 7.11 Å². The highest BCUT2D eigenvalue weighted by Crippen LogP contribution is 2.20. The van der Waals surface area contributed by atoms with Crippen LogP contribution in [0.1, 0.15) is 32.8 Å². The van der Waals surface area contributed by atoms with Gasteiger partial charge in [0.1, 0.15) is 11.9 Å². The first-order valence-electron chi connectivity index (χ1n) is 9.37. The zero-order valence-corrected chi connectivity index (χ0v) is 16.4. The van der Waals surface area contributed by atoms with Crippen LogP contribution in [0.15, 0.2) is 29.4 Å². The second kappa shape index (κ2) is 10.5. The lowest BCUT2D eigenvalue weighted by atomic mass is 10.0. The van der Waals surface area contributed by atoms with Crippen LogP contribution in [0.25, 0.3) is 0 Å². The number of likely N-dealkylation sites (N-methyl/N-ethyl adjacent to an activating group) is 1. The molecule has 1 N–H and O–H groups in total. The van der Waals surface area contributed by atoms with Crippen LogP contribution in [-0.4, -0.2) is 67.9 Å². The zero-order valence-electron chi connectivity index (χ0n) is 16.4. The maximum Gasteiger partial charge on any atom is 0.145 e. The van der Waals surface area contributed by atoms with Crippen molar-refractivity contribution in [3.05, 3.63) is 29.8 Å². The Hall–Kier alpha value is -1.63. The van der Waals surface area contributed by atoms with Crippen molar-refractivity contribution in [1.82, 2.24) is 4.90 Å². The molecule has 26 heavy (non-hydrogen) atoms. The summed E-state index contributed by atoms with van der Waals surface area (Å²) in [5.74, 6) is 1.31. The summed E-state index contributed by atoms with van der Waals surface area (Å²) in [6, 6.07) is 7.85. The number of methoxy groups -OCH3 is 1. The van der Waals surface area contributed by atoms with E-state index in [4.69, 9.17) is 14.3 Å². The highest BCUT2D eigenvalue weighted by atomic mass is 16.6. The molecule has 1 aromatic rings. The van der Waals surface area contributed by atoms with Crippen molar-refractivity contribution >= 4 is 5.71 Å². The minimum Gasteiger partial charge on any atom is -0.497 e. The van der Waals surface area contributed by atoms with Gasteiger partial charge in [-0.15, -0.1) is 0 Å². The highest BCUT2D eigenvalue weighted by molar-refractivity contribution is 6.01. The number of hydrogen-bond donors (Lipinski definition) is 1. The van der Waals surface area contributed by atoms with E-state index in [1.165, 1.54) is 0 Å². The Morgan fingerprint density at radius 3 is 2.62 bits per heavy atom. The van der Waals surface area contributed by atoms with Crippen LogP contribution in [0.5, 0.6) is 5.75 Å². The Morgan fingerprint density at radius 2 is 2.00 bits per heavy atom. The monoisotopic (exact) mass is 364 g/mol. The molecule has 6 heteroatoms. The average molecular weight is 364 g/mol. The summed E-state index contributed by atoms with van der Waals surface area (Å²) in [4.78, 5) is 7.79. The molecule has 0 fully saturated rings. The summed E-state index contributed by atoms with van der Waals surface area (Å²) >= 11 is 0. The first kappa shape index (κ1) is 20.7. The van der Waals surface area contributed by atoms with Crippen LogP contribution < -0.4 is 4.74 Å². The number of aliphatic hydroxyl groups is 1. The minimum absolute atomic E-state index is 0.0100. The van der Waals surface area contributed by atoms with Crippen molar-refractivity contribution < 1.29 is 19.4 Å². The molecular formula is C20H32N2O4. The van der Waals surface area contributed by atoms with E-state index in [0.717, 1.165) is 36.5 Å². The van der Waals surface area contributed by atoms with E-state index >= 15 is 0 Å². The zero-order chi connectivity index (χ0) is 18.9. The van der Waals surface area contributed by atoms with E-state index in [1.807, 2.05) is 24.3 Å². The molecule has 2 rings (SSSR count). The van der Waals surface area contributed by atoms with Gasteiger partial charge in [-0.1, -0.05) is 25.9 Å². The molecule has 1 aliphatic heterocycles. The van der Waals surface area contributed by atoms with Crippen LogP contribution >= 0.6 is 0 Å². The average Bonchev–Trinajstić information content (AvgIpc) is 3.09. The van der Waals surface area contributed by atoms with Gasteiger partial charge >= 0.3 is 0 Å². The molecule has 0 aromatic heterocycles. The predicted octanol–water partition coefficient (Wildman–Crippen LogP) is 2.54. The minimum atomic E-state index is -0.489. The molecule has 0 saturated carbocycles. The molecule has 1 aromatic carbocycles. The third-order valence-electron chi connectivity index (χ3n) is 4.30. The Morgan fingerprint density at radius 1 is 1.27 bits per heavy atom. The Kier molecular flexibility index (Phi) is 8.35. The number of oxime groups is 1. The van der Waals surface area contributed by atoms with E-state index < -0.39 is 6.10 Å². The van der Waals surface area contributed by atoms with Crippen molar-refractivity contribution in [3.63, 3.8) is 0 Å². The van der Waals surface area contributed by atoms with Gasteiger partial charge in [0, 0.05) is 26.1 Å². The lowest BCUT2D eigenvalue weighted by Crippen LogP contribution is -2.39. The van der Waals surface area contributed by atoms with Crippen molar-refractivity contribution in [2.75, 3.05) is 40.0 Å². The van der Waals surface area contributed by atoms with Gasteiger partial charge < -0.3 is 19.4 Å². The van der Waals surface area contributed by atoms with Gasteiger partial charge in [-0.3, -0.25) is 4.90 Å². The third kappa shape index (κ3) is 6.59. The standard InChI is InChI=1S/C20H32N2O4/c1-5-22(11-17(23)14-25-13-15(2)3)12-19-10-20(21-26-19)16-6-8-18(24-4)9-7-16/h6-9,15,17,19,23H,5,10-14H2,1-4H3/t17-,19-/m1/s1. The summed E-state index contributed by atoms with van der Waals surface area (Å²) in [6.07, 6.45) is 0.288. The predicted molar refractivity (Wildman–Crippen MR) is 103 cm³/mol. The molecule has 146 valence electrons. The van der Waals surface area contributed by atoms with Crippen molar-refractivity contribution in [3.8, 4) is 5.75 Å². The molecule has 0 bridgehead atoms. The number of benzene rings is 1. The van der Waals surface area contributed by atoms with E-state index in [9.17, 15) is 5.11 Å².